The van der Waals surface area contributed by atoms with Gasteiger partial charge in [0.1, 0.15) is 0 Å². The van der Waals surface area contributed by atoms with Crippen LogP contribution in [0.4, 0.5) is 0 Å². The second-order valence-electron chi connectivity index (χ2n) is 1.66. The molecule has 40 valence electrons. The lowest BCUT2D eigenvalue weighted by Gasteiger charge is -1.95. The van der Waals surface area contributed by atoms with Crippen LogP contribution in [0.1, 0.15) is 6.92 Å². The summed E-state index contributed by atoms with van der Waals surface area (Å²) in [6.45, 7) is 3.54. The molecule has 0 unspecified atom stereocenters. The van der Waals surface area contributed by atoms with Crippen molar-refractivity contribution < 1.29 is 4.79 Å². The van der Waals surface area contributed by atoms with Gasteiger partial charge in [-0.15, -0.1) is 0 Å². The second-order valence-corrected chi connectivity index (χ2v) is 1.66. The highest BCUT2D eigenvalue weighted by Crippen LogP contribution is 1.94. The van der Waals surface area contributed by atoms with Crippen molar-refractivity contribution in [3.8, 4) is 0 Å². The van der Waals surface area contributed by atoms with Gasteiger partial charge in [0, 0.05) is 20.0 Å². The van der Waals surface area contributed by atoms with E-state index in [4.69, 9.17) is 0 Å². The topological polar surface area (TPSA) is 32.1 Å². The van der Waals surface area contributed by atoms with Gasteiger partial charge in [-0.2, -0.15) is 0 Å². The van der Waals surface area contributed by atoms with Crippen LogP contribution in [-0.4, -0.2) is 24.0 Å². The van der Waals surface area contributed by atoms with Gasteiger partial charge in [0.15, 0.2) is 0 Å². The maximum Gasteiger partial charge on any atom is 0.231 e. The lowest BCUT2D eigenvalue weighted by molar-refractivity contribution is -0.121. The van der Waals surface area contributed by atoms with Gasteiger partial charge in [-0.3, -0.25) is 10.2 Å². The fraction of sp³-hybridized carbons (Fsp3) is 0.750. The third-order valence-electron chi connectivity index (χ3n) is 0.763. The zero-order chi connectivity index (χ0) is 5.28. The Morgan fingerprint density at radius 2 is 2.29 bits per heavy atom. The van der Waals surface area contributed by atoms with Crippen LogP contribution in [-0.2, 0) is 4.79 Å². The molecule has 1 rings (SSSR count). The van der Waals surface area contributed by atoms with E-state index in [1.165, 1.54) is 6.92 Å². The molecule has 1 amide bonds. The van der Waals surface area contributed by atoms with Crippen molar-refractivity contribution in [2.45, 2.75) is 6.92 Å². The SMILES string of the molecule is CC(=O)NN1CC1. The molecule has 0 aromatic heterocycles. The molecule has 1 fully saturated rings. The summed E-state index contributed by atoms with van der Waals surface area (Å²) in [7, 11) is 0. The summed E-state index contributed by atoms with van der Waals surface area (Å²) in [5, 5.41) is 1.85. The van der Waals surface area contributed by atoms with Crippen LogP contribution < -0.4 is 5.43 Å². The molecule has 0 aromatic carbocycles. The Hall–Kier alpha value is -0.570. The molecule has 3 nitrogen and oxygen atoms in total. The number of amides is 1. The summed E-state index contributed by atoms with van der Waals surface area (Å²) >= 11 is 0. The molecule has 1 N–H and O–H groups in total. The standard InChI is InChI=1S/C4H8N2O/c1-4(7)5-6-2-3-6/h2-3H2,1H3,(H,5,7). The molecule has 1 aliphatic heterocycles. The lowest BCUT2D eigenvalue weighted by Crippen LogP contribution is -2.25. The molecule has 0 aromatic rings. The zero-order valence-electron chi connectivity index (χ0n) is 4.27. The average molecular weight is 100 g/mol. The molecule has 0 radical (unpaired) electrons. The predicted octanol–water partition coefficient (Wildman–Crippen LogP) is -0.647. The van der Waals surface area contributed by atoms with Crippen LogP contribution in [0.25, 0.3) is 0 Å². The maximum absolute atomic E-state index is 10.1. The summed E-state index contributed by atoms with van der Waals surface area (Å²) in [6, 6.07) is 0. The van der Waals surface area contributed by atoms with Crippen molar-refractivity contribution in [1.82, 2.24) is 10.4 Å². The van der Waals surface area contributed by atoms with Gasteiger partial charge in [-0.25, -0.2) is 5.01 Å². The first-order chi connectivity index (χ1) is 3.29. The minimum Gasteiger partial charge on any atom is -0.289 e. The molecule has 0 saturated carbocycles. The first-order valence-corrected chi connectivity index (χ1v) is 2.31. The first-order valence-electron chi connectivity index (χ1n) is 2.31. The quantitative estimate of drug-likeness (QED) is 0.444. The van der Waals surface area contributed by atoms with E-state index in [-0.39, 0.29) is 5.91 Å². The van der Waals surface area contributed by atoms with Crippen molar-refractivity contribution in [2.24, 2.45) is 0 Å². The van der Waals surface area contributed by atoms with Crippen molar-refractivity contribution >= 4 is 5.91 Å². The minimum absolute atomic E-state index is 0.0255. The van der Waals surface area contributed by atoms with Crippen molar-refractivity contribution in [3.05, 3.63) is 0 Å². The Labute approximate surface area is 42.3 Å². The molecular formula is C4H8N2O. The highest BCUT2D eigenvalue weighted by Gasteiger charge is 2.16. The maximum atomic E-state index is 10.1. The number of carbonyl (C=O) groups excluding carboxylic acids is 1. The number of nitrogens with zero attached hydrogens (tertiary/aromatic N) is 1. The number of hydrogen-bond donors (Lipinski definition) is 1. The van der Waals surface area contributed by atoms with Crippen LogP contribution >= 0.6 is 0 Å². The molecule has 0 atom stereocenters. The van der Waals surface area contributed by atoms with Gasteiger partial charge in [-0.05, 0) is 0 Å². The molecule has 1 saturated heterocycles. The number of hydrogen-bond acceptors (Lipinski definition) is 2. The van der Waals surface area contributed by atoms with Gasteiger partial charge >= 0.3 is 0 Å². The van der Waals surface area contributed by atoms with Crippen molar-refractivity contribution in [3.63, 3.8) is 0 Å². The Morgan fingerprint density at radius 1 is 1.71 bits per heavy atom. The minimum atomic E-state index is 0.0255. The van der Waals surface area contributed by atoms with E-state index in [0.717, 1.165) is 13.1 Å². The summed E-state index contributed by atoms with van der Waals surface area (Å²) in [5.41, 5.74) is 2.61. The van der Waals surface area contributed by atoms with E-state index in [2.05, 4.69) is 5.43 Å². The Morgan fingerprint density at radius 3 is 2.43 bits per heavy atom. The fourth-order valence-electron chi connectivity index (χ4n) is 0.384. The second kappa shape index (κ2) is 1.50. The lowest BCUT2D eigenvalue weighted by atomic mass is 10.8. The Bertz CT molecular complexity index is 87.7. The molecule has 0 aliphatic carbocycles. The normalized spacial score (nSPS) is 19.0. The average Bonchev–Trinajstić information content (AvgIpc) is 2.17. The van der Waals surface area contributed by atoms with Crippen LogP contribution in [0.5, 0.6) is 0 Å². The van der Waals surface area contributed by atoms with E-state index >= 15 is 0 Å². The molecule has 7 heavy (non-hydrogen) atoms. The summed E-state index contributed by atoms with van der Waals surface area (Å²) < 4.78 is 0. The fourth-order valence-corrected chi connectivity index (χ4v) is 0.384. The third kappa shape index (κ3) is 1.55. The van der Waals surface area contributed by atoms with Crippen LogP contribution in [0.3, 0.4) is 0 Å². The van der Waals surface area contributed by atoms with E-state index in [0.29, 0.717) is 0 Å². The van der Waals surface area contributed by atoms with Crippen LogP contribution in [0, 0.1) is 0 Å². The van der Waals surface area contributed by atoms with Gasteiger partial charge in [0.2, 0.25) is 5.91 Å². The van der Waals surface area contributed by atoms with E-state index in [1.807, 2.05) is 5.01 Å². The molecule has 0 bridgehead atoms. The monoisotopic (exact) mass is 100 g/mol. The van der Waals surface area contributed by atoms with Gasteiger partial charge in [0.25, 0.3) is 0 Å². The van der Waals surface area contributed by atoms with Crippen molar-refractivity contribution in [1.29, 1.82) is 0 Å². The summed E-state index contributed by atoms with van der Waals surface area (Å²) in [4.78, 5) is 10.1. The molecule has 0 spiro atoms. The van der Waals surface area contributed by atoms with Crippen LogP contribution in [0.2, 0.25) is 0 Å². The van der Waals surface area contributed by atoms with E-state index in [9.17, 15) is 4.79 Å². The summed E-state index contributed by atoms with van der Waals surface area (Å²) in [5.74, 6) is 0.0255. The van der Waals surface area contributed by atoms with Crippen LogP contribution in [0.15, 0.2) is 0 Å². The smallest absolute Gasteiger partial charge is 0.231 e. The largest absolute Gasteiger partial charge is 0.289 e. The number of hydrazine groups is 1. The van der Waals surface area contributed by atoms with Gasteiger partial charge in [0.05, 0.1) is 0 Å². The molecule has 3 heteroatoms. The Balaban J connectivity index is 2.08. The number of carbonyl (C=O) groups is 1. The molecule has 1 heterocycles. The zero-order valence-corrected chi connectivity index (χ0v) is 4.27. The predicted molar refractivity (Wildman–Crippen MR) is 25.4 cm³/mol. The highest BCUT2D eigenvalue weighted by molar-refractivity contribution is 5.72. The van der Waals surface area contributed by atoms with Gasteiger partial charge < -0.3 is 0 Å². The van der Waals surface area contributed by atoms with Gasteiger partial charge in [-0.1, -0.05) is 0 Å². The first kappa shape index (κ1) is 4.59. The third-order valence-corrected chi connectivity index (χ3v) is 0.763. The number of rotatable bonds is 1. The van der Waals surface area contributed by atoms with E-state index in [1.54, 1.807) is 0 Å². The summed E-state index contributed by atoms with van der Waals surface area (Å²) in [6.07, 6.45) is 0. The highest BCUT2D eigenvalue weighted by atomic mass is 16.2. The number of nitrogens with one attached hydrogen (secondary N) is 1. The van der Waals surface area contributed by atoms with E-state index < -0.39 is 0 Å². The van der Waals surface area contributed by atoms with Crippen molar-refractivity contribution in [2.75, 3.05) is 13.1 Å². The Kier molecular flexibility index (Phi) is 0.982. The molecular weight excluding hydrogens is 92.1 g/mol. The molecule has 1 aliphatic rings.